The Morgan fingerprint density at radius 3 is 2.36 bits per heavy atom. The van der Waals surface area contributed by atoms with Gasteiger partial charge in [0, 0.05) is 0 Å². The zero-order valence-corrected chi connectivity index (χ0v) is 8.51. The summed E-state index contributed by atoms with van der Waals surface area (Å²) >= 11 is 0. The Labute approximate surface area is 83.3 Å². The van der Waals surface area contributed by atoms with Crippen LogP contribution in [0.5, 0.6) is 0 Å². The lowest BCUT2D eigenvalue weighted by molar-refractivity contribution is -0.139. The topological polar surface area (TPSA) is 37.3 Å². The standard InChI is InChI=1S/C10H18F2O2/c1-2-3-4-5-6-8(11)9(12)7-10(13)14/h8-9H,2-7H2,1H3,(H,13,14). The summed E-state index contributed by atoms with van der Waals surface area (Å²) in [7, 11) is 0. The van der Waals surface area contributed by atoms with E-state index < -0.39 is 24.7 Å². The normalized spacial score (nSPS) is 15.1. The molecule has 0 fully saturated rings. The van der Waals surface area contributed by atoms with Gasteiger partial charge < -0.3 is 5.11 Å². The number of alkyl halides is 2. The van der Waals surface area contributed by atoms with Gasteiger partial charge in [0.15, 0.2) is 0 Å². The van der Waals surface area contributed by atoms with Gasteiger partial charge in [-0.25, -0.2) is 8.78 Å². The highest BCUT2D eigenvalue weighted by Crippen LogP contribution is 2.16. The van der Waals surface area contributed by atoms with Gasteiger partial charge >= 0.3 is 5.97 Å². The van der Waals surface area contributed by atoms with E-state index in [1.54, 1.807) is 0 Å². The number of unbranched alkanes of at least 4 members (excludes halogenated alkanes) is 3. The summed E-state index contributed by atoms with van der Waals surface area (Å²) in [5, 5.41) is 8.24. The first kappa shape index (κ1) is 13.3. The Morgan fingerprint density at radius 2 is 1.86 bits per heavy atom. The van der Waals surface area contributed by atoms with Crippen molar-refractivity contribution in [3.8, 4) is 0 Å². The lowest BCUT2D eigenvalue weighted by Crippen LogP contribution is -2.20. The molecule has 1 N–H and O–H groups in total. The smallest absolute Gasteiger partial charge is 0.306 e. The fourth-order valence-electron chi connectivity index (χ4n) is 1.24. The number of hydrogen-bond donors (Lipinski definition) is 1. The van der Waals surface area contributed by atoms with Crippen molar-refractivity contribution in [2.45, 2.75) is 57.8 Å². The molecule has 0 amide bonds. The third kappa shape index (κ3) is 6.80. The third-order valence-electron chi connectivity index (χ3n) is 2.10. The zero-order valence-electron chi connectivity index (χ0n) is 8.51. The molecule has 0 aromatic rings. The molecule has 2 nitrogen and oxygen atoms in total. The number of carbonyl (C=O) groups is 1. The van der Waals surface area contributed by atoms with Crippen LogP contribution >= 0.6 is 0 Å². The van der Waals surface area contributed by atoms with E-state index in [2.05, 4.69) is 0 Å². The summed E-state index contributed by atoms with van der Waals surface area (Å²) in [5.74, 6) is -1.28. The molecule has 0 rings (SSSR count). The van der Waals surface area contributed by atoms with E-state index in [0.29, 0.717) is 6.42 Å². The van der Waals surface area contributed by atoms with Gasteiger partial charge in [0.05, 0.1) is 6.42 Å². The average molecular weight is 208 g/mol. The summed E-state index contributed by atoms with van der Waals surface area (Å²) in [6.45, 7) is 2.04. The van der Waals surface area contributed by atoms with Crippen molar-refractivity contribution in [3.63, 3.8) is 0 Å². The Morgan fingerprint density at radius 1 is 1.21 bits per heavy atom. The molecular formula is C10H18F2O2. The van der Waals surface area contributed by atoms with Gasteiger partial charge in [-0.15, -0.1) is 0 Å². The molecule has 0 aromatic carbocycles. The minimum absolute atomic E-state index is 0.133. The monoisotopic (exact) mass is 208 g/mol. The number of aliphatic carboxylic acids is 1. The minimum atomic E-state index is -1.85. The van der Waals surface area contributed by atoms with Crippen molar-refractivity contribution in [1.82, 2.24) is 0 Å². The predicted octanol–water partition coefficient (Wildman–Crippen LogP) is 3.11. The van der Waals surface area contributed by atoms with E-state index in [4.69, 9.17) is 5.11 Å². The Bertz CT molecular complexity index is 162. The fraction of sp³-hybridized carbons (Fsp3) is 0.900. The maximum absolute atomic E-state index is 12.9. The molecule has 0 radical (unpaired) electrons. The zero-order chi connectivity index (χ0) is 11.0. The highest BCUT2D eigenvalue weighted by Gasteiger charge is 2.22. The highest BCUT2D eigenvalue weighted by atomic mass is 19.2. The Balaban J connectivity index is 3.51. The molecule has 0 saturated heterocycles. The van der Waals surface area contributed by atoms with Crippen LogP contribution in [0, 0.1) is 0 Å². The van der Waals surface area contributed by atoms with Gasteiger partial charge in [0.1, 0.15) is 12.3 Å². The first-order chi connectivity index (χ1) is 6.57. The van der Waals surface area contributed by atoms with E-state index in [1.165, 1.54) is 0 Å². The predicted molar refractivity (Wildman–Crippen MR) is 50.8 cm³/mol. The second-order valence-corrected chi connectivity index (χ2v) is 3.48. The Hall–Kier alpha value is -0.670. The van der Waals surface area contributed by atoms with Crippen molar-refractivity contribution < 1.29 is 18.7 Å². The van der Waals surface area contributed by atoms with Crippen molar-refractivity contribution in [1.29, 1.82) is 0 Å². The van der Waals surface area contributed by atoms with E-state index in [0.717, 1.165) is 19.3 Å². The van der Waals surface area contributed by atoms with Crippen molar-refractivity contribution in [2.24, 2.45) is 0 Å². The average Bonchev–Trinajstić information content (AvgIpc) is 2.11. The number of halogens is 2. The number of carboxylic acids is 1. The van der Waals surface area contributed by atoms with Gasteiger partial charge in [-0.3, -0.25) is 4.79 Å². The van der Waals surface area contributed by atoms with Crippen LogP contribution in [0.1, 0.15) is 45.4 Å². The van der Waals surface area contributed by atoms with Gasteiger partial charge in [-0.05, 0) is 6.42 Å². The molecule has 2 atom stereocenters. The van der Waals surface area contributed by atoms with Crippen LogP contribution in [-0.4, -0.2) is 23.4 Å². The molecule has 0 aliphatic carbocycles. The molecule has 2 unspecified atom stereocenters. The lowest BCUT2D eigenvalue weighted by Gasteiger charge is -2.10. The van der Waals surface area contributed by atoms with Gasteiger partial charge in [0.2, 0.25) is 0 Å². The largest absolute Gasteiger partial charge is 0.481 e. The summed E-state index contributed by atoms with van der Waals surface area (Å²) < 4.78 is 25.7. The maximum atomic E-state index is 12.9. The van der Waals surface area contributed by atoms with E-state index >= 15 is 0 Å². The van der Waals surface area contributed by atoms with E-state index in [9.17, 15) is 13.6 Å². The summed E-state index contributed by atoms with van der Waals surface area (Å²) in [4.78, 5) is 10.1. The molecular weight excluding hydrogens is 190 g/mol. The summed E-state index contributed by atoms with van der Waals surface area (Å²) in [6.07, 6.45) is -0.486. The lowest BCUT2D eigenvalue weighted by atomic mass is 10.1. The third-order valence-corrected chi connectivity index (χ3v) is 2.10. The highest BCUT2D eigenvalue weighted by molar-refractivity contribution is 5.67. The van der Waals surface area contributed by atoms with E-state index in [-0.39, 0.29) is 6.42 Å². The van der Waals surface area contributed by atoms with Crippen LogP contribution in [0.2, 0.25) is 0 Å². The number of hydrogen-bond acceptors (Lipinski definition) is 1. The molecule has 0 spiro atoms. The first-order valence-electron chi connectivity index (χ1n) is 5.07. The van der Waals surface area contributed by atoms with Gasteiger partial charge in [0.25, 0.3) is 0 Å². The molecule has 0 saturated carbocycles. The minimum Gasteiger partial charge on any atom is -0.481 e. The molecule has 0 aromatic heterocycles. The summed E-state index contributed by atoms with van der Waals surface area (Å²) in [5.41, 5.74) is 0. The van der Waals surface area contributed by atoms with Gasteiger partial charge in [-0.1, -0.05) is 32.6 Å². The second kappa shape index (κ2) is 7.71. The van der Waals surface area contributed by atoms with Crippen LogP contribution < -0.4 is 0 Å². The van der Waals surface area contributed by atoms with Crippen molar-refractivity contribution >= 4 is 5.97 Å². The molecule has 0 aliphatic rings. The van der Waals surface area contributed by atoms with Crippen LogP contribution in [0.4, 0.5) is 8.78 Å². The quantitative estimate of drug-likeness (QED) is 0.622. The van der Waals surface area contributed by atoms with Crippen molar-refractivity contribution in [3.05, 3.63) is 0 Å². The van der Waals surface area contributed by atoms with E-state index in [1.807, 2.05) is 6.92 Å². The fourth-order valence-corrected chi connectivity index (χ4v) is 1.24. The molecule has 0 aliphatic heterocycles. The first-order valence-corrected chi connectivity index (χ1v) is 5.07. The maximum Gasteiger partial charge on any atom is 0.306 e. The number of carboxylic acid groups (broad SMARTS) is 1. The Kier molecular flexibility index (Phi) is 7.34. The SMILES string of the molecule is CCCCCCC(F)C(F)CC(=O)O. The molecule has 0 heterocycles. The van der Waals surface area contributed by atoms with Crippen molar-refractivity contribution in [2.75, 3.05) is 0 Å². The van der Waals surface area contributed by atoms with Gasteiger partial charge in [-0.2, -0.15) is 0 Å². The summed E-state index contributed by atoms with van der Waals surface area (Å²) in [6, 6.07) is 0. The van der Waals surface area contributed by atoms with Crippen LogP contribution in [0.15, 0.2) is 0 Å². The molecule has 4 heteroatoms. The van der Waals surface area contributed by atoms with Crippen LogP contribution in [-0.2, 0) is 4.79 Å². The van der Waals surface area contributed by atoms with Crippen LogP contribution in [0.3, 0.4) is 0 Å². The number of rotatable bonds is 8. The molecule has 0 bridgehead atoms. The second-order valence-electron chi connectivity index (χ2n) is 3.48. The van der Waals surface area contributed by atoms with Crippen LogP contribution in [0.25, 0.3) is 0 Å². The molecule has 14 heavy (non-hydrogen) atoms. The molecule has 84 valence electrons.